The predicted molar refractivity (Wildman–Crippen MR) is 86.6 cm³/mol. The first kappa shape index (κ1) is 15.9. The number of hydrogen-bond acceptors (Lipinski definition) is 5. The Bertz CT molecular complexity index is 814. The maximum atomic E-state index is 12.8. The lowest BCUT2D eigenvalue weighted by molar-refractivity contribution is -0.146. The fourth-order valence-electron chi connectivity index (χ4n) is 2.39. The molecule has 2 aromatic rings. The minimum atomic E-state index is -0.727. The molecule has 0 fully saturated rings. The topological polar surface area (TPSA) is 64.1 Å². The number of fused-ring (bicyclic) bond motifs is 1. The molecule has 21 heavy (non-hydrogen) atoms. The highest BCUT2D eigenvalue weighted by molar-refractivity contribution is 7.71. The molecule has 1 N–H and O–H groups in total. The van der Waals surface area contributed by atoms with Crippen LogP contribution < -0.4 is 5.56 Å². The predicted octanol–water partition coefficient (Wildman–Crippen LogP) is 3.11. The number of carbonyl (C=O) groups excluding carboxylic acids is 1. The van der Waals surface area contributed by atoms with Gasteiger partial charge in [-0.2, -0.15) is 0 Å². The molecule has 0 aliphatic rings. The molecule has 1 unspecified atom stereocenters. The van der Waals surface area contributed by atoms with E-state index in [9.17, 15) is 9.59 Å². The zero-order valence-electron chi connectivity index (χ0n) is 12.6. The number of carbonyl (C=O) groups is 1. The van der Waals surface area contributed by atoms with Crippen LogP contribution in [0.1, 0.15) is 30.3 Å². The molecule has 0 saturated heterocycles. The van der Waals surface area contributed by atoms with Gasteiger partial charge in [0.1, 0.15) is 10.9 Å². The Hall–Kier alpha value is -1.47. The quantitative estimate of drug-likeness (QED) is 0.695. The number of thiophene rings is 1. The molecule has 0 amide bonds. The van der Waals surface area contributed by atoms with Crippen molar-refractivity contribution in [3.05, 3.63) is 25.6 Å². The standard InChI is InChI=1S/C14H18N2O3S2/c1-6(2)10(13(18)19-5)16-12(17)9-7(3)8(4)21-11(9)15-14(16)20/h6,10H,1-5H3,(H,15,20). The third-order valence-electron chi connectivity index (χ3n) is 3.61. The van der Waals surface area contributed by atoms with Gasteiger partial charge in [0.25, 0.3) is 5.56 Å². The van der Waals surface area contributed by atoms with Crippen molar-refractivity contribution in [3.63, 3.8) is 0 Å². The molecule has 0 aromatic carbocycles. The van der Waals surface area contributed by atoms with Crippen LogP contribution in [0.2, 0.25) is 0 Å². The fourth-order valence-corrected chi connectivity index (χ4v) is 3.81. The van der Waals surface area contributed by atoms with Crippen molar-refractivity contribution < 1.29 is 9.53 Å². The van der Waals surface area contributed by atoms with Gasteiger partial charge in [-0.25, -0.2) is 4.79 Å². The van der Waals surface area contributed by atoms with Crippen molar-refractivity contribution in [2.75, 3.05) is 7.11 Å². The van der Waals surface area contributed by atoms with Gasteiger partial charge in [-0.15, -0.1) is 11.3 Å². The summed E-state index contributed by atoms with van der Waals surface area (Å²) in [7, 11) is 1.31. The van der Waals surface area contributed by atoms with Crippen LogP contribution in [-0.4, -0.2) is 22.6 Å². The van der Waals surface area contributed by atoms with Gasteiger partial charge in [-0.3, -0.25) is 9.36 Å². The van der Waals surface area contributed by atoms with Crippen LogP contribution in [0.4, 0.5) is 0 Å². The second kappa shape index (κ2) is 5.73. The minimum absolute atomic E-state index is 0.109. The van der Waals surface area contributed by atoms with Crippen molar-refractivity contribution in [2.24, 2.45) is 5.92 Å². The molecule has 0 aliphatic carbocycles. The molecule has 2 heterocycles. The summed E-state index contributed by atoms with van der Waals surface area (Å²) in [5, 5.41) is 0.598. The Balaban J connectivity index is 2.86. The molecular weight excluding hydrogens is 308 g/mol. The Kier molecular flexibility index (Phi) is 4.34. The summed E-state index contributed by atoms with van der Waals surface area (Å²) in [6, 6.07) is -0.727. The van der Waals surface area contributed by atoms with Crippen LogP contribution in [0.5, 0.6) is 0 Å². The summed E-state index contributed by atoms with van der Waals surface area (Å²) in [4.78, 5) is 29.7. The number of methoxy groups -OCH3 is 1. The normalized spacial score (nSPS) is 12.9. The van der Waals surface area contributed by atoms with Crippen molar-refractivity contribution in [2.45, 2.75) is 33.7 Å². The van der Waals surface area contributed by atoms with E-state index in [2.05, 4.69) is 4.98 Å². The lowest BCUT2D eigenvalue weighted by atomic mass is 10.0. The average Bonchev–Trinajstić information content (AvgIpc) is 2.68. The molecule has 5 nitrogen and oxygen atoms in total. The smallest absolute Gasteiger partial charge is 0.329 e. The monoisotopic (exact) mass is 326 g/mol. The lowest BCUT2D eigenvalue weighted by Gasteiger charge is -2.21. The lowest BCUT2D eigenvalue weighted by Crippen LogP contribution is -2.35. The molecular formula is C14H18N2O3S2. The van der Waals surface area contributed by atoms with E-state index in [4.69, 9.17) is 17.0 Å². The summed E-state index contributed by atoms with van der Waals surface area (Å²) < 4.78 is 6.42. The third-order valence-corrected chi connectivity index (χ3v) is 5.03. The van der Waals surface area contributed by atoms with E-state index in [1.807, 2.05) is 27.7 Å². The number of aromatic amines is 1. The van der Waals surface area contributed by atoms with Crippen LogP contribution in [0.3, 0.4) is 0 Å². The highest BCUT2D eigenvalue weighted by Gasteiger charge is 2.28. The summed E-state index contributed by atoms with van der Waals surface area (Å²) >= 11 is 6.79. The van der Waals surface area contributed by atoms with E-state index in [-0.39, 0.29) is 16.2 Å². The highest BCUT2D eigenvalue weighted by Crippen LogP contribution is 2.27. The molecule has 0 aliphatic heterocycles. The Morgan fingerprint density at radius 3 is 2.52 bits per heavy atom. The molecule has 0 spiro atoms. The van der Waals surface area contributed by atoms with Crippen LogP contribution in [0, 0.1) is 24.5 Å². The SMILES string of the molecule is COC(=O)C(C(C)C)n1c(=S)[nH]c2sc(C)c(C)c2c1=O. The first-order valence-electron chi connectivity index (χ1n) is 6.62. The maximum Gasteiger partial charge on any atom is 0.329 e. The van der Waals surface area contributed by atoms with Gasteiger partial charge in [0.2, 0.25) is 0 Å². The number of rotatable bonds is 3. The zero-order chi connectivity index (χ0) is 15.9. The largest absolute Gasteiger partial charge is 0.467 e. The molecule has 0 bridgehead atoms. The second-order valence-electron chi connectivity index (χ2n) is 5.30. The highest BCUT2D eigenvalue weighted by atomic mass is 32.1. The number of hydrogen-bond donors (Lipinski definition) is 1. The molecule has 0 saturated carbocycles. The van der Waals surface area contributed by atoms with Crippen molar-refractivity contribution in [1.29, 1.82) is 0 Å². The van der Waals surface area contributed by atoms with E-state index in [1.165, 1.54) is 23.0 Å². The van der Waals surface area contributed by atoms with Gasteiger partial charge in [-0.1, -0.05) is 13.8 Å². The van der Waals surface area contributed by atoms with Gasteiger partial charge in [0.15, 0.2) is 4.77 Å². The van der Waals surface area contributed by atoms with Crippen LogP contribution >= 0.6 is 23.6 Å². The van der Waals surface area contributed by atoms with Crippen molar-refractivity contribution >= 4 is 39.7 Å². The number of esters is 1. The van der Waals surface area contributed by atoms with Crippen molar-refractivity contribution in [1.82, 2.24) is 9.55 Å². The van der Waals surface area contributed by atoms with Gasteiger partial charge in [-0.05, 0) is 37.5 Å². The summed E-state index contributed by atoms with van der Waals surface area (Å²) in [6.45, 7) is 7.58. The zero-order valence-corrected chi connectivity index (χ0v) is 14.3. The van der Waals surface area contributed by atoms with Gasteiger partial charge < -0.3 is 9.72 Å². The van der Waals surface area contributed by atoms with Gasteiger partial charge in [0, 0.05) is 4.88 Å². The Morgan fingerprint density at radius 2 is 2.00 bits per heavy atom. The fraction of sp³-hybridized carbons (Fsp3) is 0.500. The molecule has 2 rings (SSSR count). The summed E-state index contributed by atoms with van der Waals surface area (Å²) in [5.41, 5.74) is 0.687. The van der Waals surface area contributed by atoms with Crippen LogP contribution in [0.15, 0.2) is 4.79 Å². The van der Waals surface area contributed by atoms with Gasteiger partial charge in [0.05, 0.1) is 12.5 Å². The Morgan fingerprint density at radius 1 is 1.38 bits per heavy atom. The first-order valence-corrected chi connectivity index (χ1v) is 7.84. The molecule has 0 radical (unpaired) electrons. The summed E-state index contributed by atoms with van der Waals surface area (Å²) in [5.74, 6) is -0.571. The van der Waals surface area contributed by atoms with E-state index in [0.29, 0.717) is 5.39 Å². The van der Waals surface area contributed by atoms with Gasteiger partial charge >= 0.3 is 5.97 Å². The van der Waals surface area contributed by atoms with E-state index in [1.54, 1.807) is 0 Å². The van der Waals surface area contributed by atoms with E-state index >= 15 is 0 Å². The minimum Gasteiger partial charge on any atom is -0.467 e. The molecule has 2 aromatic heterocycles. The van der Waals surface area contributed by atoms with E-state index < -0.39 is 12.0 Å². The molecule has 1 atom stereocenters. The summed E-state index contributed by atoms with van der Waals surface area (Å²) in [6.07, 6.45) is 0. The van der Waals surface area contributed by atoms with Crippen LogP contribution in [0.25, 0.3) is 10.2 Å². The number of H-pyrrole nitrogens is 1. The molecule has 7 heteroatoms. The van der Waals surface area contributed by atoms with Crippen molar-refractivity contribution in [3.8, 4) is 0 Å². The second-order valence-corrected chi connectivity index (χ2v) is 6.92. The third kappa shape index (κ3) is 2.55. The number of nitrogens with zero attached hydrogens (tertiary/aromatic N) is 1. The average molecular weight is 326 g/mol. The van der Waals surface area contributed by atoms with E-state index in [0.717, 1.165) is 15.3 Å². The van der Waals surface area contributed by atoms with Crippen LogP contribution in [-0.2, 0) is 9.53 Å². The molecule has 114 valence electrons. The number of aromatic nitrogens is 2. The number of ether oxygens (including phenoxy) is 1. The number of nitrogens with one attached hydrogen (secondary N) is 1. The Labute approximate surface area is 131 Å². The maximum absolute atomic E-state index is 12.8. The number of aryl methyl sites for hydroxylation is 2. The first-order chi connectivity index (χ1) is 9.79.